The molecule has 3 aromatic rings. The number of terminal acetylenes is 1. The molecule has 2 aromatic carbocycles. The predicted molar refractivity (Wildman–Crippen MR) is 110 cm³/mol. The van der Waals surface area contributed by atoms with Crippen LogP contribution in [0.25, 0.3) is 0 Å². The third-order valence-electron chi connectivity index (χ3n) is 5.26. The number of aromatic nitrogens is 2. The summed E-state index contributed by atoms with van der Waals surface area (Å²) in [5.74, 6) is 5.24. The third-order valence-corrected chi connectivity index (χ3v) is 5.26. The minimum atomic E-state index is -0.0686. The molecule has 1 aromatic heterocycles. The van der Waals surface area contributed by atoms with Crippen molar-refractivity contribution in [1.29, 1.82) is 0 Å². The van der Waals surface area contributed by atoms with E-state index in [9.17, 15) is 4.79 Å². The van der Waals surface area contributed by atoms with E-state index in [0.717, 1.165) is 34.0 Å². The number of anilines is 1. The molecule has 0 saturated heterocycles. The Bertz CT molecular complexity index is 1140. The molecule has 30 heavy (non-hydrogen) atoms. The summed E-state index contributed by atoms with van der Waals surface area (Å²) in [5, 5.41) is 7.52. The molecule has 5 rings (SSSR count). The van der Waals surface area contributed by atoms with E-state index in [4.69, 9.17) is 20.6 Å². The summed E-state index contributed by atoms with van der Waals surface area (Å²) in [7, 11) is 0. The van der Waals surface area contributed by atoms with Crippen LogP contribution in [0.4, 0.5) is 5.82 Å². The highest BCUT2D eigenvalue weighted by Crippen LogP contribution is 2.38. The van der Waals surface area contributed by atoms with E-state index in [-0.39, 0.29) is 25.2 Å². The lowest BCUT2D eigenvalue weighted by molar-refractivity contribution is -0.116. The lowest BCUT2D eigenvalue weighted by atomic mass is 9.87. The zero-order valence-electron chi connectivity index (χ0n) is 16.1. The molecular formula is C23H19N3O4. The van der Waals surface area contributed by atoms with Crippen molar-refractivity contribution in [2.45, 2.75) is 18.9 Å². The number of nitrogens with zero attached hydrogens (tertiary/aromatic N) is 2. The zero-order valence-corrected chi connectivity index (χ0v) is 16.1. The van der Waals surface area contributed by atoms with Gasteiger partial charge in [0, 0.05) is 17.9 Å². The fourth-order valence-electron chi connectivity index (χ4n) is 3.82. The van der Waals surface area contributed by atoms with E-state index in [1.807, 2.05) is 48.7 Å². The van der Waals surface area contributed by atoms with Gasteiger partial charge in [-0.25, -0.2) is 4.68 Å². The van der Waals surface area contributed by atoms with E-state index >= 15 is 0 Å². The highest BCUT2D eigenvalue weighted by atomic mass is 16.7. The molecular weight excluding hydrogens is 382 g/mol. The van der Waals surface area contributed by atoms with Crippen LogP contribution in [-0.2, 0) is 11.3 Å². The number of hydrogen-bond donors (Lipinski definition) is 1. The molecule has 0 saturated carbocycles. The first-order chi connectivity index (χ1) is 14.7. The van der Waals surface area contributed by atoms with Crippen LogP contribution < -0.4 is 19.5 Å². The van der Waals surface area contributed by atoms with E-state index in [2.05, 4.69) is 16.3 Å². The largest absolute Gasteiger partial charge is 0.481 e. The molecule has 0 radical (unpaired) electrons. The van der Waals surface area contributed by atoms with E-state index in [1.54, 1.807) is 4.68 Å². The minimum Gasteiger partial charge on any atom is -0.481 e. The number of benzene rings is 2. The number of carbonyl (C=O) groups is 1. The van der Waals surface area contributed by atoms with Crippen molar-refractivity contribution < 1.29 is 19.0 Å². The number of fused-ring (bicyclic) bond motifs is 2. The van der Waals surface area contributed by atoms with E-state index in [1.165, 1.54) is 0 Å². The van der Waals surface area contributed by atoms with Gasteiger partial charge in [0.2, 0.25) is 12.7 Å². The summed E-state index contributed by atoms with van der Waals surface area (Å²) >= 11 is 0. The number of hydrogen-bond acceptors (Lipinski definition) is 5. The highest BCUT2D eigenvalue weighted by molar-refractivity contribution is 5.94. The maximum Gasteiger partial charge on any atom is 0.231 e. The molecule has 0 bridgehead atoms. The molecule has 2 aliphatic heterocycles. The van der Waals surface area contributed by atoms with Crippen molar-refractivity contribution >= 4 is 11.7 Å². The van der Waals surface area contributed by atoms with Crippen molar-refractivity contribution in [2.24, 2.45) is 0 Å². The first-order valence-corrected chi connectivity index (χ1v) is 9.61. The quantitative estimate of drug-likeness (QED) is 0.665. The normalized spacial score (nSPS) is 16.5. The predicted octanol–water partition coefficient (Wildman–Crippen LogP) is 3.15. The summed E-state index contributed by atoms with van der Waals surface area (Å²) in [4.78, 5) is 12.4. The summed E-state index contributed by atoms with van der Waals surface area (Å²) in [6.07, 6.45) is 7.43. The standard InChI is InChI=1S/C23H19N3O4/c1-2-9-28-17-6-4-16(5-7-17)18-11-22(27)25-23-19(18)12-24-26(23)13-15-3-8-20-21(10-15)30-14-29-20/h1,3-8,10,12,18H,9,11,13-14H2,(H,25,27)/t18-/m0/s1. The number of amides is 1. The van der Waals surface area contributed by atoms with Crippen molar-refractivity contribution in [3.8, 4) is 29.6 Å². The highest BCUT2D eigenvalue weighted by Gasteiger charge is 2.30. The summed E-state index contributed by atoms with van der Waals surface area (Å²) in [6, 6.07) is 13.5. The maximum atomic E-state index is 12.4. The van der Waals surface area contributed by atoms with Crippen LogP contribution in [0.2, 0.25) is 0 Å². The van der Waals surface area contributed by atoms with Gasteiger partial charge in [0.1, 0.15) is 18.2 Å². The monoisotopic (exact) mass is 401 g/mol. The summed E-state index contributed by atoms with van der Waals surface area (Å²) in [5.41, 5.74) is 3.03. The van der Waals surface area contributed by atoms with Gasteiger partial charge in [-0.1, -0.05) is 24.1 Å². The molecule has 0 fully saturated rings. The van der Waals surface area contributed by atoms with Crippen molar-refractivity contribution in [2.75, 3.05) is 18.7 Å². The van der Waals surface area contributed by atoms with Crippen LogP contribution in [0.3, 0.4) is 0 Å². The lowest BCUT2D eigenvalue weighted by Crippen LogP contribution is -2.25. The molecule has 2 aliphatic rings. The number of ether oxygens (including phenoxy) is 3. The van der Waals surface area contributed by atoms with Crippen LogP contribution in [0, 0.1) is 12.3 Å². The van der Waals surface area contributed by atoms with Gasteiger partial charge in [0.25, 0.3) is 0 Å². The molecule has 1 amide bonds. The third kappa shape index (κ3) is 3.33. The smallest absolute Gasteiger partial charge is 0.231 e. The molecule has 150 valence electrons. The van der Waals surface area contributed by atoms with Gasteiger partial charge in [0.05, 0.1) is 12.7 Å². The van der Waals surface area contributed by atoms with Gasteiger partial charge in [-0.3, -0.25) is 4.79 Å². The first kappa shape index (κ1) is 18.1. The minimum absolute atomic E-state index is 0.0346. The first-order valence-electron chi connectivity index (χ1n) is 9.61. The summed E-state index contributed by atoms with van der Waals surface area (Å²) in [6.45, 7) is 0.972. The van der Waals surface area contributed by atoms with Gasteiger partial charge >= 0.3 is 0 Å². The van der Waals surface area contributed by atoms with Gasteiger partial charge in [0.15, 0.2) is 11.5 Å². The van der Waals surface area contributed by atoms with Gasteiger partial charge in [-0.05, 0) is 35.4 Å². The van der Waals surface area contributed by atoms with Gasteiger partial charge in [-0.15, -0.1) is 6.42 Å². The van der Waals surface area contributed by atoms with Crippen LogP contribution in [0.1, 0.15) is 29.0 Å². The number of carbonyl (C=O) groups excluding carboxylic acids is 1. The van der Waals surface area contributed by atoms with Crippen molar-refractivity contribution in [1.82, 2.24) is 9.78 Å². The fraction of sp³-hybridized carbons (Fsp3) is 0.217. The number of nitrogens with one attached hydrogen (secondary N) is 1. The Morgan fingerprint density at radius 3 is 2.87 bits per heavy atom. The summed E-state index contributed by atoms with van der Waals surface area (Å²) < 4.78 is 18.1. The van der Waals surface area contributed by atoms with Crippen LogP contribution in [0.15, 0.2) is 48.7 Å². The Labute approximate surface area is 173 Å². The second-order valence-electron chi connectivity index (χ2n) is 7.16. The molecule has 1 atom stereocenters. The Morgan fingerprint density at radius 2 is 2.03 bits per heavy atom. The second kappa shape index (κ2) is 7.48. The van der Waals surface area contributed by atoms with Crippen LogP contribution >= 0.6 is 0 Å². The van der Waals surface area contributed by atoms with Crippen LogP contribution in [-0.4, -0.2) is 29.1 Å². The lowest BCUT2D eigenvalue weighted by Gasteiger charge is -2.24. The second-order valence-corrected chi connectivity index (χ2v) is 7.16. The van der Waals surface area contributed by atoms with Crippen molar-refractivity contribution in [3.63, 3.8) is 0 Å². The Kier molecular flexibility index (Phi) is 4.52. The Morgan fingerprint density at radius 1 is 1.20 bits per heavy atom. The topological polar surface area (TPSA) is 74.6 Å². The molecule has 0 spiro atoms. The number of rotatable bonds is 5. The average molecular weight is 401 g/mol. The SMILES string of the molecule is C#CCOc1ccc([C@@H]2CC(=O)Nc3c2cnn3Cc2ccc3c(c2)OCO3)cc1. The van der Waals surface area contributed by atoms with Crippen LogP contribution in [0.5, 0.6) is 17.2 Å². The maximum absolute atomic E-state index is 12.4. The van der Waals surface area contributed by atoms with Gasteiger partial charge in [-0.2, -0.15) is 5.10 Å². The molecule has 0 unspecified atom stereocenters. The van der Waals surface area contributed by atoms with Gasteiger partial charge < -0.3 is 19.5 Å². The Hall–Kier alpha value is -3.92. The zero-order chi connectivity index (χ0) is 20.5. The Balaban J connectivity index is 1.41. The molecule has 3 heterocycles. The molecule has 0 aliphatic carbocycles. The molecule has 1 N–H and O–H groups in total. The fourth-order valence-corrected chi connectivity index (χ4v) is 3.82. The van der Waals surface area contributed by atoms with Crippen molar-refractivity contribution in [3.05, 3.63) is 65.4 Å². The van der Waals surface area contributed by atoms with E-state index < -0.39 is 0 Å². The molecule has 7 heteroatoms. The van der Waals surface area contributed by atoms with E-state index in [0.29, 0.717) is 18.7 Å². The average Bonchev–Trinajstić information content (AvgIpc) is 3.39. The molecule has 7 nitrogen and oxygen atoms in total.